The second-order valence-electron chi connectivity index (χ2n) is 3.07. The van der Waals surface area contributed by atoms with Gasteiger partial charge in [-0.2, -0.15) is 5.10 Å². The summed E-state index contributed by atoms with van der Waals surface area (Å²) in [5, 5.41) is 5.51. The van der Waals surface area contributed by atoms with E-state index < -0.39 is 0 Å². The molecule has 1 aromatic heterocycles. The van der Waals surface area contributed by atoms with Gasteiger partial charge in [-0.3, -0.25) is 4.68 Å². The first-order valence-corrected chi connectivity index (χ1v) is 4.78. The lowest BCUT2D eigenvalue weighted by Gasteiger charge is -1.97. The van der Waals surface area contributed by atoms with Crippen LogP contribution in [0.2, 0.25) is 0 Å². The third-order valence-electron chi connectivity index (χ3n) is 2.27. The Hall–Kier alpha value is -1.03. The van der Waals surface area contributed by atoms with Crippen LogP contribution in [0, 0.1) is 6.92 Å². The van der Waals surface area contributed by atoms with Crippen LogP contribution in [0.25, 0.3) is 10.9 Å². The van der Waals surface area contributed by atoms with Gasteiger partial charge in [-0.15, -0.1) is 0 Å². The smallest absolute Gasteiger partial charge is 0.109 e. The summed E-state index contributed by atoms with van der Waals surface area (Å²) in [6.07, 6.45) is 0. The summed E-state index contributed by atoms with van der Waals surface area (Å²) >= 11 is 3.43. The van der Waals surface area contributed by atoms with E-state index in [0.29, 0.717) is 0 Å². The average molecular weight is 240 g/mol. The van der Waals surface area contributed by atoms with Gasteiger partial charge in [0.1, 0.15) is 5.52 Å². The topological polar surface area (TPSA) is 43.8 Å². The van der Waals surface area contributed by atoms with E-state index in [1.165, 1.54) is 0 Å². The lowest BCUT2D eigenvalue weighted by Crippen LogP contribution is -1.91. The number of aromatic nitrogens is 2. The number of fused-ring (bicyclic) bond motifs is 1. The maximum atomic E-state index is 5.75. The third-order valence-corrected chi connectivity index (χ3v) is 3.10. The van der Waals surface area contributed by atoms with Gasteiger partial charge in [0, 0.05) is 23.8 Å². The summed E-state index contributed by atoms with van der Waals surface area (Å²) in [4.78, 5) is 0. The van der Waals surface area contributed by atoms with Crippen LogP contribution in [0.3, 0.4) is 0 Å². The zero-order chi connectivity index (χ0) is 9.59. The number of hydrogen-bond donors (Lipinski definition) is 1. The minimum atomic E-state index is 0.727. The van der Waals surface area contributed by atoms with Gasteiger partial charge in [-0.25, -0.2) is 0 Å². The van der Waals surface area contributed by atoms with E-state index >= 15 is 0 Å². The van der Waals surface area contributed by atoms with E-state index in [9.17, 15) is 0 Å². The van der Waals surface area contributed by atoms with Crippen LogP contribution in [0.5, 0.6) is 0 Å². The first-order chi connectivity index (χ1) is 6.11. The molecule has 0 radical (unpaired) electrons. The Kier molecular flexibility index (Phi) is 1.80. The molecule has 0 aliphatic rings. The van der Waals surface area contributed by atoms with E-state index in [-0.39, 0.29) is 0 Å². The van der Waals surface area contributed by atoms with Gasteiger partial charge in [-0.05, 0) is 35.0 Å². The fourth-order valence-corrected chi connectivity index (χ4v) is 1.79. The Morgan fingerprint density at radius 1 is 1.46 bits per heavy atom. The summed E-state index contributed by atoms with van der Waals surface area (Å²) in [7, 11) is 1.93. The van der Waals surface area contributed by atoms with E-state index in [2.05, 4.69) is 21.0 Å². The van der Waals surface area contributed by atoms with Gasteiger partial charge in [-0.1, -0.05) is 0 Å². The van der Waals surface area contributed by atoms with E-state index in [0.717, 1.165) is 26.8 Å². The Labute approximate surface area is 84.7 Å². The molecule has 0 amide bonds. The Morgan fingerprint density at radius 3 is 2.85 bits per heavy atom. The van der Waals surface area contributed by atoms with Crippen LogP contribution in [-0.4, -0.2) is 9.78 Å². The van der Waals surface area contributed by atoms with Gasteiger partial charge in [0.25, 0.3) is 0 Å². The lowest BCUT2D eigenvalue weighted by molar-refractivity contribution is 0.750. The fourth-order valence-electron chi connectivity index (χ4n) is 1.37. The largest absolute Gasteiger partial charge is 0.398 e. The number of halogens is 1. The molecular formula is C9H10BrN3. The van der Waals surface area contributed by atoms with Crippen molar-refractivity contribution in [1.82, 2.24) is 9.78 Å². The van der Waals surface area contributed by atoms with Crippen LogP contribution in [0.1, 0.15) is 5.69 Å². The SMILES string of the molecule is Cc1c2ccc(N)c(Br)c2nn1C. The Morgan fingerprint density at radius 2 is 2.15 bits per heavy atom. The molecule has 0 aliphatic heterocycles. The van der Waals surface area contributed by atoms with Crippen molar-refractivity contribution < 1.29 is 0 Å². The number of rotatable bonds is 0. The molecule has 1 aromatic carbocycles. The van der Waals surface area contributed by atoms with Gasteiger partial charge in [0.05, 0.1) is 4.47 Å². The third kappa shape index (κ3) is 1.13. The molecule has 2 N–H and O–H groups in total. The highest BCUT2D eigenvalue weighted by atomic mass is 79.9. The predicted octanol–water partition coefficient (Wildman–Crippen LogP) is 2.23. The first-order valence-electron chi connectivity index (χ1n) is 3.98. The quantitative estimate of drug-likeness (QED) is 0.717. The van der Waals surface area contributed by atoms with Gasteiger partial charge in [0.15, 0.2) is 0 Å². The summed E-state index contributed by atoms with van der Waals surface area (Å²) in [6, 6.07) is 3.89. The minimum Gasteiger partial charge on any atom is -0.398 e. The first kappa shape index (κ1) is 8.56. The number of nitrogens with two attached hydrogens (primary N) is 1. The molecule has 0 atom stereocenters. The standard InChI is InChI=1S/C9H10BrN3/c1-5-6-3-4-7(11)8(10)9(6)12-13(5)2/h3-4H,11H2,1-2H3. The number of nitrogen functional groups attached to an aromatic ring is 1. The van der Waals surface area contributed by atoms with Crippen molar-refractivity contribution in [2.45, 2.75) is 6.92 Å². The van der Waals surface area contributed by atoms with Crippen molar-refractivity contribution in [2.24, 2.45) is 7.05 Å². The minimum absolute atomic E-state index is 0.727. The average Bonchev–Trinajstić information content (AvgIpc) is 2.38. The van der Waals surface area contributed by atoms with Crippen molar-refractivity contribution in [1.29, 1.82) is 0 Å². The van der Waals surface area contributed by atoms with E-state index in [1.54, 1.807) is 0 Å². The van der Waals surface area contributed by atoms with Gasteiger partial charge >= 0.3 is 0 Å². The van der Waals surface area contributed by atoms with Crippen molar-refractivity contribution in [3.63, 3.8) is 0 Å². The predicted molar refractivity (Wildman–Crippen MR) is 57.6 cm³/mol. The molecular weight excluding hydrogens is 230 g/mol. The second kappa shape index (κ2) is 2.73. The van der Waals surface area contributed by atoms with E-state index in [1.807, 2.05) is 30.8 Å². The normalized spacial score (nSPS) is 11.0. The second-order valence-corrected chi connectivity index (χ2v) is 3.87. The maximum absolute atomic E-state index is 5.75. The summed E-state index contributed by atoms with van der Waals surface area (Å²) < 4.78 is 2.74. The molecule has 0 unspecified atom stereocenters. The van der Waals surface area contributed by atoms with Crippen molar-refractivity contribution in [3.8, 4) is 0 Å². The number of benzene rings is 1. The molecule has 2 aromatic rings. The molecule has 0 bridgehead atoms. The Balaban J connectivity index is 2.94. The molecule has 4 heteroatoms. The highest BCUT2D eigenvalue weighted by Crippen LogP contribution is 2.29. The summed E-state index contributed by atoms with van der Waals surface area (Å²) in [5.41, 5.74) is 8.56. The van der Waals surface area contributed by atoms with E-state index in [4.69, 9.17) is 5.73 Å². The zero-order valence-electron chi connectivity index (χ0n) is 7.50. The summed E-state index contributed by atoms with van der Waals surface area (Å²) in [6.45, 7) is 2.04. The van der Waals surface area contributed by atoms with Crippen LogP contribution < -0.4 is 5.73 Å². The Bertz CT molecular complexity index is 473. The molecule has 0 aliphatic carbocycles. The number of aryl methyl sites for hydroxylation is 2. The number of nitrogens with zero attached hydrogens (tertiary/aromatic N) is 2. The van der Waals surface area contributed by atoms with Gasteiger partial charge < -0.3 is 5.73 Å². The zero-order valence-corrected chi connectivity index (χ0v) is 9.09. The molecule has 0 saturated carbocycles. The van der Waals surface area contributed by atoms with Crippen molar-refractivity contribution >= 4 is 32.5 Å². The van der Waals surface area contributed by atoms with Gasteiger partial charge in [0.2, 0.25) is 0 Å². The van der Waals surface area contributed by atoms with Crippen LogP contribution in [0.4, 0.5) is 5.69 Å². The number of hydrogen-bond acceptors (Lipinski definition) is 2. The molecule has 13 heavy (non-hydrogen) atoms. The highest BCUT2D eigenvalue weighted by Gasteiger charge is 2.09. The van der Waals surface area contributed by atoms with Crippen molar-refractivity contribution in [2.75, 3.05) is 5.73 Å². The van der Waals surface area contributed by atoms with Crippen LogP contribution in [0.15, 0.2) is 16.6 Å². The van der Waals surface area contributed by atoms with Crippen molar-refractivity contribution in [3.05, 3.63) is 22.3 Å². The molecule has 0 fully saturated rings. The van der Waals surface area contributed by atoms with Crippen LogP contribution in [-0.2, 0) is 7.05 Å². The lowest BCUT2D eigenvalue weighted by atomic mass is 10.2. The molecule has 0 spiro atoms. The molecule has 1 heterocycles. The maximum Gasteiger partial charge on any atom is 0.109 e. The molecule has 2 rings (SSSR count). The highest BCUT2D eigenvalue weighted by molar-refractivity contribution is 9.10. The monoisotopic (exact) mass is 239 g/mol. The number of anilines is 1. The van der Waals surface area contributed by atoms with Crippen LogP contribution >= 0.6 is 15.9 Å². The molecule has 3 nitrogen and oxygen atoms in total. The molecule has 0 saturated heterocycles. The fraction of sp³-hybridized carbons (Fsp3) is 0.222. The molecule has 68 valence electrons. The summed E-state index contributed by atoms with van der Waals surface area (Å²) in [5.74, 6) is 0.